The summed E-state index contributed by atoms with van der Waals surface area (Å²) in [6.07, 6.45) is 2.17. The van der Waals surface area contributed by atoms with Crippen LogP contribution in [0.1, 0.15) is 18.1 Å². The molecule has 0 aliphatic rings. The van der Waals surface area contributed by atoms with E-state index < -0.39 is 13.6 Å². The second-order valence-corrected chi connectivity index (χ2v) is 4.46. The summed E-state index contributed by atoms with van der Waals surface area (Å²) in [5.41, 5.74) is 1.78. The SMILES string of the molecule is CCc1ccc(C=C(C#N)OP(=O)(O)O)cc1. The fourth-order valence-electron chi connectivity index (χ4n) is 1.21. The van der Waals surface area contributed by atoms with Gasteiger partial charge in [0.05, 0.1) is 0 Å². The van der Waals surface area contributed by atoms with Crippen LogP contribution in [0.5, 0.6) is 0 Å². The lowest BCUT2D eigenvalue weighted by Gasteiger charge is -2.04. The molecule has 0 saturated carbocycles. The molecule has 0 aliphatic carbocycles. The molecular formula is C11H12NO4P. The van der Waals surface area contributed by atoms with Gasteiger partial charge < -0.3 is 4.52 Å². The summed E-state index contributed by atoms with van der Waals surface area (Å²) >= 11 is 0. The molecule has 2 N–H and O–H groups in total. The number of aryl methyl sites for hydroxylation is 1. The molecule has 0 amide bonds. The van der Waals surface area contributed by atoms with E-state index in [1.54, 1.807) is 18.2 Å². The van der Waals surface area contributed by atoms with Crippen molar-refractivity contribution in [1.29, 1.82) is 5.26 Å². The minimum atomic E-state index is -4.68. The number of nitriles is 1. The van der Waals surface area contributed by atoms with Crippen molar-refractivity contribution in [3.63, 3.8) is 0 Å². The molecule has 0 heterocycles. The van der Waals surface area contributed by atoms with Crippen LogP contribution in [0, 0.1) is 11.3 Å². The molecule has 17 heavy (non-hydrogen) atoms. The Morgan fingerprint density at radius 2 is 2.06 bits per heavy atom. The maximum atomic E-state index is 10.6. The summed E-state index contributed by atoms with van der Waals surface area (Å²) in [5.74, 6) is -0.414. The van der Waals surface area contributed by atoms with Crippen LogP contribution in [0.3, 0.4) is 0 Å². The molecule has 0 unspecified atom stereocenters. The summed E-state index contributed by atoms with van der Waals surface area (Å²) in [6.45, 7) is 2.02. The van der Waals surface area contributed by atoms with Gasteiger partial charge in [-0.2, -0.15) is 5.26 Å². The van der Waals surface area contributed by atoms with Gasteiger partial charge in [0.1, 0.15) is 6.07 Å². The molecule has 1 aromatic carbocycles. The number of phosphoric ester groups is 1. The zero-order valence-electron chi connectivity index (χ0n) is 9.20. The number of rotatable bonds is 4. The lowest BCUT2D eigenvalue weighted by Crippen LogP contribution is -1.88. The number of hydrogen-bond acceptors (Lipinski definition) is 3. The molecule has 0 fully saturated rings. The normalized spacial score (nSPS) is 12.0. The van der Waals surface area contributed by atoms with E-state index in [1.165, 1.54) is 6.08 Å². The Hall–Kier alpha value is -1.60. The highest BCUT2D eigenvalue weighted by atomic mass is 31.2. The van der Waals surface area contributed by atoms with Gasteiger partial charge in [-0.1, -0.05) is 31.2 Å². The first-order valence-electron chi connectivity index (χ1n) is 4.90. The van der Waals surface area contributed by atoms with Crippen molar-refractivity contribution in [2.24, 2.45) is 0 Å². The first kappa shape index (κ1) is 13.5. The van der Waals surface area contributed by atoms with Crippen LogP contribution >= 0.6 is 7.82 Å². The summed E-state index contributed by atoms with van der Waals surface area (Å²) < 4.78 is 14.8. The van der Waals surface area contributed by atoms with Crippen molar-refractivity contribution in [1.82, 2.24) is 0 Å². The molecule has 0 bridgehead atoms. The fourth-order valence-corrected chi connectivity index (χ4v) is 1.56. The third-order valence-electron chi connectivity index (χ3n) is 2.01. The molecule has 0 aliphatic heterocycles. The third kappa shape index (κ3) is 4.83. The Balaban J connectivity index is 2.91. The minimum Gasteiger partial charge on any atom is -0.393 e. The first-order chi connectivity index (χ1) is 7.94. The topological polar surface area (TPSA) is 90.5 Å². The highest BCUT2D eigenvalue weighted by Crippen LogP contribution is 2.39. The molecule has 6 heteroatoms. The van der Waals surface area contributed by atoms with Crippen molar-refractivity contribution >= 4 is 13.9 Å². The minimum absolute atomic E-state index is 0.414. The largest absolute Gasteiger partial charge is 0.525 e. The number of phosphoric acid groups is 1. The maximum Gasteiger partial charge on any atom is 0.525 e. The monoisotopic (exact) mass is 253 g/mol. The summed E-state index contributed by atoms with van der Waals surface area (Å²) in [7, 11) is -4.68. The summed E-state index contributed by atoms with van der Waals surface area (Å²) in [4.78, 5) is 17.2. The zero-order valence-corrected chi connectivity index (χ0v) is 10.1. The van der Waals surface area contributed by atoms with E-state index in [2.05, 4.69) is 4.52 Å². The van der Waals surface area contributed by atoms with Gasteiger partial charge in [-0.05, 0) is 23.6 Å². The van der Waals surface area contributed by atoms with Crippen LogP contribution in [0.15, 0.2) is 30.0 Å². The zero-order chi connectivity index (χ0) is 12.9. The number of hydrogen-bond donors (Lipinski definition) is 2. The smallest absolute Gasteiger partial charge is 0.393 e. The number of nitrogens with zero attached hydrogens (tertiary/aromatic N) is 1. The second kappa shape index (κ2) is 5.65. The highest BCUT2D eigenvalue weighted by Gasteiger charge is 2.17. The Labute approximate surface area is 99.2 Å². The van der Waals surface area contributed by atoms with Crippen molar-refractivity contribution in [3.8, 4) is 6.07 Å². The molecule has 0 radical (unpaired) electrons. The van der Waals surface area contributed by atoms with E-state index in [1.807, 2.05) is 19.1 Å². The number of benzene rings is 1. The Bertz CT molecular complexity index is 495. The van der Waals surface area contributed by atoms with Crippen LogP contribution in [0.2, 0.25) is 0 Å². The fraction of sp³-hybridized carbons (Fsp3) is 0.182. The lowest BCUT2D eigenvalue weighted by molar-refractivity contribution is 0.250. The predicted octanol–water partition coefficient (Wildman–Crippen LogP) is 2.22. The van der Waals surface area contributed by atoms with Crippen molar-refractivity contribution in [3.05, 3.63) is 41.2 Å². The molecule has 0 aromatic heterocycles. The molecule has 90 valence electrons. The van der Waals surface area contributed by atoms with Crippen LogP contribution in [-0.4, -0.2) is 9.79 Å². The Kier molecular flexibility index (Phi) is 4.47. The van der Waals surface area contributed by atoms with E-state index in [-0.39, 0.29) is 0 Å². The van der Waals surface area contributed by atoms with Gasteiger partial charge in [0.25, 0.3) is 0 Å². The third-order valence-corrected chi connectivity index (χ3v) is 2.45. The van der Waals surface area contributed by atoms with Crippen LogP contribution in [-0.2, 0) is 15.5 Å². The average molecular weight is 253 g/mol. The van der Waals surface area contributed by atoms with Crippen LogP contribution in [0.25, 0.3) is 6.08 Å². The van der Waals surface area contributed by atoms with Gasteiger partial charge in [-0.25, -0.2) is 4.57 Å². The van der Waals surface area contributed by atoms with Gasteiger partial charge in [0, 0.05) is 0 Å². The lowest BCUT2D eigenvalue weighted by atomic mass is 10.1. The van der Waals surface area contributed by atoms with Crippen molar-refractivity contribution in [2.75, 3.05) is 0 Å². The van der Waals surface area contributed by atoms with E-state index in [4.69, 9.17) is 15.0 Å². The van der Waals surface area contributed by atoms with E-state index in [0.717, 1.165) is 12.0 Å². The molecular weight excluding hydrogens is 241 g/mol. The molecule has 0 atom stereocenters. The standard InChI is InChI=1S/C11H12NO4P/c1-2-9-3-5-10(6-4-9)7-11(8-12)16-17(13,14)15/h3-7H,2H2,1H3,(H2,13,14,15). The molecule has 5 nitrogen and oxygen atoms in total. The van der Waals surface area contributed by atoms with E-state index >= 15 is 0 Å². The van der Waals surface area contributed by atoms with Gasteiger partial charge in [0.2, 0.25) is 5.76 Å². The molecule has 0 spiro atoms. The van der Waals surface area contributed by atoms with Crippen LogP contribution in [0.4, 0.5) is 0 Å². The maximum absolute atomic E-state index is 10.6. The quantitative estimate of drug-likeness (QED) is 0.487. The van der Waals surface area contributed by atoms with Crippen LogP contribution < -0.4 is 0 Å². The highest BCUT2D eigenvalue weighted by molar-refractivity contribution is 7.46. The average Bonchev–Trinajstić information content (AvgIpc) is 2.27. The Morgan fingerprint density at radius 3 is 2.47 bits per heavy atom. The van der Waals surface area contributed by atoms with E-state index in [0.29, 0.717) is 5.56 Å². The first-order valence-corrected chi connectivity index (χ1v) is 6.43. The van der Waals surface area contributed by atoms with Gasteiger partial charge in [-0.15, -0.1) is 0 Å². The molecule has 1 aromatic rings. The Morgan fingerprint density at radius 1 is 1.47 bits per heavy atom. The van der Waals surface area contributed by atoms with Gasteiger partial charge >= 0.3 is 7.82 Å². The summed E-state index contributed by atoms with van der Waals surface area (Å²) in [5, 5.41) is 8.66. The van der Waals surface area contributed by atoms with Gasteiger partial charge in [0.15, 0.2) is 0 Å². The van der Waals surface area contributed by atoms with Gasteiger partial charge in [-0.3, -0.25) is 9.79 Å². The van der Waals surface area contributed by atoms with E-state index in [9.17, 15) is 4.57 Å². The molecule has 1 rings (SSSR count). The number of allylic oxidation sites excluding steroid dienone is 1. The van der Waals surface area contributed by atoms with Crippen molar-refractivity contribution < 1.29 is 18.9 Å². The predicted molar refractivity (Wildman–Crippen MR) is 62.5 cm³/mol. The van der Waals surface area contributed by atoms with Crippen molar-refractivity contribution in [2.45, 2.75) is 13.3 Å². The second-order valence-electron chi connectivity index (χ2n) is 3.30. The summed E-state index contributed by atoms with van der Waals surface area (Å²) in [6, 6.07) is 8.83. The molecule has 0 saturated heterocycles.